The predicted octanol–water partition coefficient (Wildman–Crippen LogP) is 3.04. The molecule has 0 spiro atoms. The minimum atomic E-state index is -0.0227. The maximum atomic E-state index is 6.25. The third kappa shape index (κ3) is 3.47. The topological polar surface area (TPSA) is 44.5 Å². The summed E-state index contributed by atoms with van der Waals surface area (Å²) in [6.45, 7) is 3.71. The summed E-state index contributed by atoms with van der Waals surface area (Å²) < 4.78 is 11.3. The van der Waals surface area contributed by atoms with Gasteiger partial charge >= 0.3 is 0 Å². The van der Waals surface area contributed by atoms with E-state index in [1.54, 1.807) is 0 Å². The number of rotatable bonds is 5. The monoisotopic (exact) mass is 249 g/mol. The third-order valence-corrected chi connectivity index (χ3v) is 3.35. The van der Waals surface area contributed by atoms with Crippen LogP contribution in [-0.2, 0) is 4.74 Å². The lowest BCUT2D eigenvalue weighted by Gasteiger charge is -2.28. The summed E-state index contributed by atoms with van der Waals surface area (Å²) in [7, 11) is 0. The molecule has 1 fully saturated rings. The Morgan fingerprint density at radius 2 is 2.11 bits per heavy atom. The molecule has 3 nitrogen and oxygen atoms in total. The van der Waals surface area contributed by atoms with Gasteiger partial charge in [-0.2, -0.15) is 0 Å². The Morgan fingerprint density at radius 3 is 2.72 bits per heavy atom. The number of nitrogens with two attached hydrogens (primary N) is 1. The van der Waals surface area contributed by atoms with Gasteiger partial charge in [-0.25, -0.2) is 0 Å². The first-order valence-corrected chi connectivity index (χ1v) is 6.91. The molecule has 0 aromatic heterocycles. The average molecular weight is 249 g/mol. The van der Waals surface area contributed by atoms with Crippen molar-refractivity contribution in [1.82, 2.24) is 0 Å². The molecule has 2 rings (SSSR count). The minimum absolute atomic E-state index is 0.0227. The third-order valence-electron chi connectivity index (χ3n) is 3.35. The van der Waals surface area contributed by atoms with E-state index in [9.17, 15) is 0 Å². The molecular weight excluding hydrogens is 226 g/mol. The van der Waals surface area contributed by atoms with Crippen molar-refractivity contribution < 1.29 is 9.47 Å². The lowest BCUT2D eigenvalue weighted by molar-refractivity contribution is 0.00000362. The van der Waals surface area contributed by atoms with E-state index in [0.717, 1.165) is 43.8 Å². The van der Waals surface area contributed by atoms with Gasteiger partial charge in [0.15, 0.2) is 0 Å². The zero-order chi connectivity index (χ0) is 12.8. The van der Waals surface area contributed by atoms with Crippen LogP contribution < -0.4 is 10.5 Å². The zero-order valence-corrected chi connectivity index (χ0v) is 11.1. The van der Waals surface area contributed by atoms with E-state index >= 15 is 0 Å². The van der Waals surface area contributed by atoms with Gasteiger partial charge in [0.05, 0.1) is 18.8 Å². The molecule has 1 aromatic carbocycles. The molecule has 1 heterocycles. The highest BCUT2D eigenvalue weighted by Crippen LogP contribution is 2.25. The summed E-state index contributed by atoms with van der Waals surface area (Å²) in [6, 6.07) is 8.06. The maximum Gasteiger partial charge on any atom is 0.119 e. The van der Waals surface area contributed by atoms with Gasteiger partial charge in [-0.15, -0.1) is 0 Å². The summed E-state index contributed by atoms with van der Waals surface area (Å²) in [5.74, 6) is 0.914. The summed E-state index contributed by atoms with van der Waals surface area (Å²) in [4.78, 5) is 0. The highest BCUT2D eigenvalue weighted by atomic mass is 16.5. The van der Waals surface area contributed by atoms with Crippen LogP contribution in [-0.4, -0.2) is 19.3 Å². The van der Waals surface area contributed by atoms with Crippen molar-refractivity contribution in [2.45, 2.75) is 44.8 Å². The summed E-state index contributed by atoms with van der Waals surface area (Å²) in [5.41, 5.74) is 7.38. The molecule has 0 saturated carbocycles. The molecule has 0 aliphatic carbocycles. The van der Waals surface area contributed by atoms with E-state index in [2.05, 4.69) is 6.92 Å². The van der Waals surface area contributed by atoms with Crippen molar-refractivity contribution in [3.8, 4) is 5.75 Å². The van der Waals surface area contributed by atoms with Crippen molar-refractivity contribution in [3.05, 3.63) is 29.8 Å². The van der Waals surface area contributed by atoms with Crippen molar-refractivity contribution >= 4 is 0 Å². The molecule has 3 heteroatoms. The van der Waals surface area contributed by atoms with Gasteiger partial charge in [0.25, 0.3) is 0 Å². The fourth-order valence-corrected chi connectivity index (χ4v) is 2.27. The van der Waals surface area contributed by atoms with Crippen molar-refractivity contribution in [1.29, 1.82) is 0 Å². The van der Waals surface area contributed by atoms with E-state index in [0.29, 0.717) is 0 Å². The standard InChI is InChI=1S/C15H23NO2/c1-2-10-17-13-8-6-12(7-9-13)15(16)14-5-3-4-11-18-14/h6-9,14-15H,2-5,10-11,16H2,1H3. The first-order valence-electron chi connectivity index (χ1n) is 6.91. The Morgan fingerprint density at radius 1 is 1.33 bits per heavy atom. The molecule has 1 aromatic rings. The quantitative estimate of drug-likeness (QED) is 0.872. The van der Waals surface area contributed by atoms with Crippen LogP contribution in [0.25, 0.3) is 0 Å². The fourth-order valence-electron chi connectivity index (χ4n) is 2.27. The number of ether oxygens (including phenoxy) is 2. The van der Waals surface area contributed by atoms with Gasteiger partial charge in [-0.3, -0.25) is 0 Å². The molecular formula is C15H23NO2. The summed E-state index contributed by atoms with van der Waals surface area (Å²) in [5, 5.41) is 0. The Hall–Kier alpha value is -1.06. The Bertz CT molecular complexity index is 344. The van der Waals surface area contributed by atoms with Crippen molar-refractivity contribution in [3.63, 3.8) is 0 Å². The highest BCUT2D eigenvalue weighted by molar-refractivity contribution is 5.29. The van der Waals surface area contributed by atoms with Crippen molar-refractivity contribution in [2.75, 3.05) is 13.2 Å². The van der Waals surface area contributed by atoms with E-state index in [1.165, 1.54) is 6.42 Å². The number of hydrogen-bond donors (Lipinski definition) is 1. The second kappa shape index (κ2) is 6.76. The molecule has 1 aliphatic rings. The lowest BCUT2D eigenvalue weighted by atomic mass is 9.96. The second-order valence-corrected chi connectivity index (χ2v) is 4.85. The molecule has 1 aliphatic heterocycles. The normalized spacial score (nSPS) is 21.6. The molecule has 100 valence electrons. The molecule has 0 bridgehead atoms. The smallest absolute Gasteiger partial charge is 0.119 e. The van der Waals surface area contributed by atoms with Crippen LogP contribution in [0, 0.1) is 0 Å². The van der Waals surface area contributed by atoms with Gasteiger partial charge in [-0.1, -0.05) is 19.1 Å². The Labute approximate surface area is 109 Å². The molecule has 1 saturated heterocycles. The van der Waals surface area contributed by atoms with Crippen LogP contribution in [0.3, 0.4) is 0 Å². The summed E-state index contributed by atoms with van der Waals surface area (Å²) in [6.07, 6.45) is 4.64. The molecule has 0 amide bonds. The van der Waals surface area contributed by atoms with E-state index < -0.39 is 0 Å². The van der Waals surface area contributed by atoms with Gasteiger partial charge in [0.1, 0.15) is 5.75 Å². The maximum absolute atomic E-state index is 6.25. The summed E-state index contributed by atoms with van der Waals surface area (Å²) >= 11 is 0. The second-order valence-electron chi connectivity index (χ2n) is 4.85. The SMILES string of the molecule is CCCOc1ccc(C(N)C2CCCCO2)cc1. The van der Waals surface area contributed by atoms with Crippen LogP contribution >= 0.6 is 0 Å². The molecule has 2 atom stereocenters. The molecule has 2 unspecified atom stereocenters. The minimum Gasteiger partial charge on any atom is -0.494 e. The van der Waals surface area contributed by atoms with Gasteiger partial charge in [0, 0.05) is 6.61 Å². The van der Waals surface area contributed by atoms with E-state index in [1.807, 2.05) is 24.3 Å². The van der Waals surface area contributed by atoms with Crippen LogP contribution in [0.1, 0.15) is 44.2 Å². The first kappa shape index (κ1) is 13.4. The highest BCUT2D eigenvalue weighted by Gasteiger charge is 2.22. The number of benzene rings is 1. The zero-order valence-electron chi connectivity index (χ0n) is 11.1. The predicted molar refractivity (Wildman–Crippen MR) is 72.7 cm³/mol. The van der Waals surface area contributed by atoms with Gasteiger partial charge in [0.2, 0.25) is 0 Å². The molecule has 0 radical (unpaired) electrons. The van der Waals surface area contributed by atoms with Crippen molar-refractivity contribution in [2.24, 2.45) is 5.73 Å². The van der Waals surface area contributed by atoms with Gasteiger partial charge in [-0.05, 0) is 43.4 Å². The Kier molecular flexibility index (Phi) is 5.02. The lowest BCUT2D eigenvalue weighted by Crippen LogP contribution is -2.31. The van der Waals surface area contributed by atoms with Crippen LogP contribution in [0.2, 0.25) is 0 Å². The molecule has 18 heavy (non-hydrogen) atoms. The molecule has 2 N–H and O–H groups in total. The first-order chi connectivity index (χ1) is 8.81. The van der Waals surface area contributed by atoms with Gasteiger partial charge < -0.3 is 15.2 Å². The van der Waals surface area contributed by atoms with Crippen LogP contribution in [0.5, 0.6) is 5.75 Å². The van der Waals surface area contributed by atoms with Crippen LogP contribution in [0.15, 0.2) is 24.3 Å². The largest absolute Gasteiger partial charge is 0.494 e. The van der Waals surface area contributed by atoms with E-state index in [4.69, 9.17) is 15.2 Å². The van der Waals surface area contributed by atoms with E-state index in [-0.39, 0.29) is 12.1 Å². The number of hydrogen-bond acceptors (Lipinski definition) is 3. The average Bonchev–Trinajstić information content (AvgIpc) is 2.46. The Balaban J connectivity index is 1.95. The fraction of sp³-hybridized carbons (Fsp3) is 0.600. The van der Waals surface area contributed by atoms with Crippen LogP contribution in [0.4, 0.5) is 0 Å².